The second-order valence-corrected chi connectivity index (χ2v) is 7.10. The van der Waals surface area contributed by atoms with E-state index in [0.717, 1.165) is 32.5 Å². The molecule has 0 aromatic heterocycles. The predicted octanol–water partition coefficient (Wildman–Crippen LogP) is 2.31. The van der Waals surface area contributed by atoms with Crippen LogP contribution in [-0.2, 0) is 4.74 Å². The largest absolute Gasteiger partial charge is 0.465 e. The fourth-order valence-corrected chi connectivity index (χ4v) is 3.20. The van der Waals surface area contributed by atoms with E-state index in [2.05, 4.69) is 5.32 Å². The van der Waals surface area contributed by atoms with Crippen molar-refractivity contribution in [1.29, 1.82) is 0 Å². The van der Waals surface area contributed by atoms with Crippen molar-refractivity contribution >= 4 is 6.09 Å². The molecule has 0 unspecified atom stereocenters. The Hall–Kier alpha value is -0.810. The summed E-state index contributed by atoms with van der Waals surface area (Å²) in [6.07, 6.45) is 3.50. The Morgan fingerprint density at radius 1 is 1.30 bits per heavy atom. The van der Waals surface area contributed by atoms with E-state index in [9.17, 15) is 9.90 Å². The molecule has 0 radical (unpaired) electrons. The van der Waals surface area contributed by atoms with Crippen LogP contribution in [0.2, 0.25) is 0 Å². The fraction of sp³-hybridized carbons (Fsp3) is 0.933. The maximum atomic E-state index is 11.4. The molecule has 1 saturated carbocycles. The minimum Gasteiger partial charge on any atom is -0.465 e. The van der Waals surface area contributed by atoms with Gasteiger partial charge in [0.2, 0.25) is 0 Å². The Morgan fingerprint density at radius 3 is 2.40 bits per heavy atom. The molecule has 1 aliphatic carbocycles. The van der Waals surface area contributed by atoms with Gasteiger partial charge in [-0.2, -0.15) is 0 Å². The molecule has 1 aliphatic heterocycles. The van der Waals surface area contributed by atoms with E-state index >= 15 is 0 Å². The second-order valence-electron chi connectivity index (χ2n) is 7.10. The normalized spacial score (nSPS) is 27.9. The van der Waals surface area contributed by atoms with Crippen LogP contribution in [0.1, 0.15) is 46.5 Å². The van der Waals surface area contributed by atoms with Gasteiger partial charge in [-0.1, -0.05) is 0 Å². The number of amides is 1. The predicted molar refractivity (Wildman–Crippen MR) is 78.0 cm³/mol. The third-order valence-corrected chi connectivity index (χ3v) is 4.39. The minimum atomic E-state index is -0.820. The zero-order valence-electron chi connectivity index (χ0n) is 12.9. The number of hydrogen-bond donors (Lipinski definition) is 2. The summed E-state index contributed by atoms with van der Waals surface area (Å²) in [7, 11) is 0. The first-order chi connectivity index (χ1) is 9.38. The molecule has 1 heterocycles. The van der Waals surface area contributed by atoms with Crippen molar-refractivity contribution in [3.05, 3.63) is 0 Å². The molecule has 0 aromatic carbocycles. The summed E-state index contributed by atoms with van der Waals surface area (Å²) in [6.45, 7) is 8.87. The van der Waals surface area contributed by atoms with Gasteiger partial charge in [0.1, 0.15) is 0 Å². The van der Waals surface area contributed by atoms with Crippen molar-refractivity contribution in [3.63, 3.8) is 0 Å². The van der Waals surface area contributed by atoms with Crippen LogP contribution in [0.3, 0.4) is 0 Å². The van der Waals surface area contributed by atoms with Crippen LogP contribution in [0, 0.1) is 5.92 Å². The summed E-state index contributed by atoms with van der Waals surface area (Å²) in [5.74, 6) is 0.675. The van der Waals surface area contributed by atoms with Crippen LogP contribution in [0.5, 0.6) is 0 Å². The van der Waals surface area contributed by atoms with E-state index in [-0.39, 0.29) is 17.7 Å². The SMILES string of the molecule is CC(C)(C)N(C(=O)O)C1CC(OCC2CCNCC2)C1. The van der Waals surface area contributed by atoms with Gasteiger partial charge in [-0.25, -0.2) is 4.79 Å². The van der Waals surface area contributed by atoms with Crippen molar-refractivity contribution < 1.29 is 14.6 Å². The Kier molecular flexibility index (Phi) is 4.91. The van der Waals surface area contributed by atoms with E-state index < -0.39 is 6.09 Å². The van der Waals surface area contributed by atoms with Crippen LogP contribution in [0.25, 0.3) is 0 Å². The van der Waals surface area contributed by atoms with E-state index in [1.165, 1.54) is 12.8 Å². The number of nitrogens with zero attached hydrogens (tertiary/aromatic N) is 1. The molecule has 1 amide bonds. The minimum absolute atomic E-state index is 0.116. The van der Waals surface area contributed by atoms with Crippen LogP contribution in [0.15, 0.2) is 0 Å². The highest BCUT2D eigenvalue weighted by atomic mass is 16.5. The molecule has 0 aromatic rings. The smallest absolute Gasteiger partial charge is 0.407 e. The first-order valence-electron chi connectivity index (χ1n) is 7.72. The molecule has 5 heteroatoms. The van der Waals surface area contributed by atoms with Crippen LogP contribution in [0.4, 0.5) is 4.79 Å². The van der Waals surface area contributed by atoms with E-state index in [0.29, 0.717) is 5.92 Å². The van der Waals surface area contributed by atoms with Crippen molar-refractivity contribution in [1.82, 2.24) is 10.2 Å². The molecule has 2 rings (SSSR count). The second kappa shape index (κ2) is 6.31. The molecular formula is C15H28N2O3. The lowest BCUT2D eigenvalue weighted by Gasteiger charge is -2.47. The lowest BCUT2D eigenvalue weighted by Crippen LogP contribution is -2.57. The molecule has 2 aliphatic rings. The maximum Gasteiger partial charge on any atom is 0.407 e. The van der Waals surface area contributed by atoms with Gasteiger partial charge in [0.15, 0.2) is 0 Å². The number of nitrogens with one attached hydrogen (secondary N) is 1. The first-order valence-corrected chi connectivity index (χ1v) is 7.72. The highest BCUT2D eigenvalue weighted by Gasteiger charge is 2.41. The molecule has 0 spiro atoms. The first kappa shape index (κ1) is 15.6. The van der Waals surface area contributed by atoms with Crippen molar-refractivity contribution in [2.45, 2.75) is 64.1 Å². The summed E-state index contributed by atoms with van der Waals surface area (Å²) < 4.78 is 5.94. The summed E-state index contributed by atoms with van der Waals surface area (Å²) in [5, 5.41) is 12.7. The number of ether oxygens (including phenoxy) is 1. The molecule has 1 saturated heterocycles. The monoisotopic (exact) mass is 284 g/mol. The Morgan fingerprint density at radius 2 is 1.90 bits per heavy atom. The zero-order chi connectivity index (χ0) is 14.8. The third-order valence-electron chi connectivity index (χ3n) is 4.39. The van der Waals surface area contributed by atoms with Crippen LogP contribution in [-0.4, -0.2) is 53.5 Å². The maximum absolute atomic E-state index is 11.4. The van der Waals surface area contributed by atoms with Gasteiger partial charge in [-0.3, -0.25) is 0 Å². The Bertz CT molecular complexity index is 329. The average molecular weight is 284 g/mol. The summed E-state index contributed by atoms with van der Waals surface area (Å²) in [4.78, 5) is 13.0. The highest BCUT2D eigenvalue weighted by molar-refractivity contribution is 5.66. The topological polar surface area (TPSA) is 61.8 Å². The van der Waals surface area contributed by atoms with E-state index in [1.807, 2.05) is 20.8 Å². The molecule has 0 atom stereocenters. The highest BCUT2D eigenvalue weighted by Crippen LogP contribution is 2.33. The number of carboxylic acid groups (broad SMARTS) is 1. The number of hydrogen-bond acceptors (Lipinski definition) is 3. The fourth-order valence-electron chi connectivity index (χ4n) is 3.20. The molecule has 0 bridgehead atoms. The van der Waals surface area contributed by atoms with Crippen LogP contribution >= 0.6 is 0 Å². The van der Waals surface area contributed by atoms with E-state index in [1.54, 1.807) is 4.90 Å². The summed E-state index contributed by atoms with van der Waals surface area (Å²) in [6, 6.07) is 0.116. The Labute approximate surface area is 121 Å². The van der Waals surface area contributed by atoms with Gasteiger partial charge in [0.25, 0.3) is 0 Å². The van der Waals surface area contributed by atoms with Gasteiger partial charge >= 0.3 is 6.09 Å². The number of piperidine rings is 1. The number of rotatable bonds is 4. The Balaban J connectivity index is 1.71. The summed E-state index contributed by atoms with van der Waals surface area (Å²) >= 11 is 0. The van der Waals surface area contributed by atoms with Gasteiger partial charge < -0.3 is 20.1 Å². The average Bonchev–Trinajstić information content (AvgIpc) is 2.30. The molecule has 2 N–H and O–H groups in total. The molecular weight excluding hydrogens is 256 g/mol. The molecule has 5 nitrogen and oxygen atoms in total. The van der Waals surface area contributed by atoms with E-state index in [4.69, 9.17) is 4.74 Å². The summed E-state index contributed by atoms with van der Waals surface area (Å²) in [5.41, 5.74) is -0.337. The third kappa shape index (κ3) is 3.85. The lowest BCUT2D eigenvalue weighted by molar-refractivity contribution is -0.0743. The van der Waals surface area contributed by atoms with Crippen molar-refractivity contribution in [3.8, 4) is 0 Å². The zero-order valence-corrected chi connectivity index (χ0v) is 12.9. The lowest BCUT2D eigenvalue weighted by atomic mass is 9.85. The van der Waals surface area contributed by atoms with Gasteiger partial charge in [0, 0.05) is 18.2 Å². The molecule has 20 heavy (non-hydrogen) atoms. The van der Waals surface area contributed by atoms with Gasteiger partial charge in [0.05, 0.1) is 6.10 Å². The molecule has 116 valence electrons. The standard InChI is InChI=1S/C15H28N2O3/c1-15(2,3)17(14(18)19)12-8-13(9-12)20-10-11-4-6-16-7-5-11/h11-13,16H,4-10H2,1-3H3,(H,18,19). The van der Waals surface area contributed by atoms with Crippen molar-refractivity contribution in [2.24, 2.45) is 5.92 Å². The molecule has 2 fully saturated rings. The number of carbonyl (C=O) groups is 1. The van der Waals surface area contributed by atoms with Crippen molar-refractivity contribution in [2.75, 3.05) is 19.7 Å². The van der Waals surface area contributed by atoms with Gasteiger partial charge in [-0.15, -0.1) is 0 Å². The van der Waals surface area contributed by atoms with Crippen LogP contribution < -0.4 is 5.32 Å². The van der Waals surface area contributed by atoms with Gasteiger partial charge in [-0.05, 0) is 65.5 Å². The quantitative estimate of drug-likeness (QED) is 0.831.